The molecular formula is C15H14BrCl2NO2. The zero-order valence-electron chi connectivity index (χ0n) is 11.5. The highest BCUT2D eigenvalue weighted by Crippen LogP contribution is 2.36. The normalized spacial score (nSPS) is 10.3. The van der Waals surface area contributed by atoms with Crippen molar-refractivity contribution in [1.82, 2.24) is 0 Å². The maximum absolute atomic E-state index is 6.20. The third-order valence-electron chi connectivity index (χ3n) is 2.95. The van der Waals surface area contributed by atoms with Crippen LogP contribution in [0.3, 0.4) is 0 Å². The van der Waals surface area contributed by atoms with Crippen LogP contribution in [0.25, 0.3) is 0 Å². The molecule has 112 valence electrons. The fourth-order valence-corrected chi connectivity index (χ4v) is 3.33. The smallest absolute Gasteiger partial charge is 0.165 e. The van der Waals surface area contributed by atoms with Gasteiger partial charge in [-0.1, -0.05) is 51.3 Å². The van der Waals surface area contributed by atoms with Gasteiger partial charge in [0.2, 0.25) is 0 Å². The van der Waals surface area contributed by atoms with Crippen molar-refractivity contribution in [3.05, 3.63) is 50.4 Å². The highest BCUT2D eigenvalue weighted by Gasteiger charge is 2.11. The minimum Gasteiger partial charge on any atom is -0.493 e. The van der Waals surface area contributed by atoms with E-state index in [0.717, 1.165) is 10.0 Å². The number of hydrogen-bond donors (Lipinski definition) is 1. The van der Waals surface area contributed by atoms with Gasteiger partial charge in [-0.25, -0.2) is 0 Å². The van der Waals surface area contributed by atoms with E-state index in [1.54, 1.807) is 26.4 Å². The van der Waals surface area contributed by atoms with E-state index in [4.69, 9.17) is 32.7 Å². The van der Waals surface area contributed by atoms with Crippen molar-refractivity contribution in [3.8, 4) is 11.5 Å². The summed E-state index contributed by atoms with van der Waals surface area (Å²) in [7, 11) is 3.22. The summed E-state index contributed by atoms with van der Waals surface area (Å²) in [4.78, 5) is 0. The number of rotatable bonds is 5. The summed E-state index contributed by atoms with van der Waals surface area (Å²) in [6.07, 6.45) is 0. The zero-order chi connectivity index (χ0) is 15.4. The molecule has 2 aromatic rings. The van der Waals surface area contributed by atoms with Crippen molar-refractivity contribution in [3.63, 3.8) is 0 Å². The summed E-state index contributed by atoms with van der Waals surface area (Å²) < 4.78 is 11.5. The number of hydrogen-bond acceptors (Lipinski definition) is 3. The van der Waals surface area contributed by atoms with Crippen molar-refractivity contribution in [1.29, 1.82) is 0 Å². The number of para-hydroxylation sites is 1. The lowest BCUT2D eigenvalue weighted by molar-refractivity contribution is 0.352. The van der Waals surface area contributed by atoms with Gasteiger partial charge >= 0.3 is 0 Å². The number of benzene rings is 2. The van der Waals surface area contributed by atoms with Gasteiger partial charge in [0.15, 0.2) is 11.5 Å². The van der Waals surface area contributed by atoms with Crippen LogP contribution in [-0.4, -0.2) is 14.2 Å². The van der Waals surface area contributed by atoms with Crippen LogP contribution in [0.4, 0.5) is 5.69 Å². The SMILES string of the molecule is COc1cccc(CNc2c(Cl)cc(Br)cc2Cl)c1OC. The van der Waals surface area contributed by atoms with E-state index in [2.05, 4.69) is 21.2 Å². The fraction of sp³-hybridized carbons (Fsp3) is 0.200. The molecule has 0 amide bonds. The van der Waals surface area contributed by atoms with Crippen molar-refractivity contribution >= 4 is 44.8 Å². The Morgan fingerprint density at radius 1 is 1.10 bits per heavy atom. The Hall–Kier alpha value is -1.10. The van der Waals surface area contributed by atoms with Gasteiger partial charge in [-0.05, 0) is 18.2 Å². The Balaban J connectivity index is 2.25. The maximum Gasteiger partial charge on any atom is 0.165 e. The lowest BCUT2D eigenvalue weighted by Gasteiger charge is -2.15. The van der Waals surface area contributed by atoms with Crippen molar-refractivity contribution in [2.24, 2.45) is 0 Å². The topological polar surface area (TPSA) is 30.5 Å². The van der Waals surface area contributed by atoms with Gasteiger partial charge in [0.05, 0.1) is 30.0 Å². The highest BCUT2D eigenvalue weighted by molar-refractivity contribution is 9.10. The van der Waals surface area contributed by atoms with Crippen LogP contribution in [-0.2, 0) is 6.54 Å². The third kappa shape index (κ3) is 3.76. The van der Waals surface area contributed by atoms with Crippen LogP contribution in [0.2, 0.25) is 10.0 Å². The number of anilines is 1. The van der Waals surface area contributed by atoms with E-state index < -0.39 is 0 Å². The van der Waals surface area contributed by atoms with Crippen LogP contribution >= 0.6 is 39.1 Å². The van der Waals surface area contributed by atoms with Gasteiger partial charge in [0, 0.05) is 16.6 Å². The van der Waals surface area contributed by atoms with Crippen molar-refractivity contribution in [2.45, 2.75) is 6.54 Å². The molecule has 6 heteroatoms. The molecule has 0 bridgehead atoms. The summed E-state index contributed by atoms with van der Waals surface area (Å²) in [5, 5.41) is 4.33. The van der Waals surface area contributed by atoms with Crippen LogP contribution in [0.15, 0.2) is 34.8 Å². The van der Waals surface area contributed by atoms with E-state index in [9.17, 15) is 0 Å². The number of methoxy groups -OCH3 is 2. The minimum absolute atomic E-state index is 0.515. The molecule has 0 fully saturated rings. The third-order valence-corrected chi connectivity index (χ3v) is 4.00. The average Bonchev–Trinajstić information content (AvgIpc) is 2.45. The molecule has 0 aliphatic rings. The fourth-order valence-electron chi connectivity index (χ4n) is 1.99. The predicted octanol–water partition coefficient (Wildman–Crippen LogP) is 5.39. The van der Waals surface area contributed by atoms with E-state index in [-0.39, 0.29) is 0 Å². The largest absolute Gasteiger partial charge is 0.493 e. The molecule has 0 spiro atoms. The van der Waals surface area contributed by atoms with Crippen molar-refractivity contribution in [2.75, 3.05) is 19.5 Å². The monoisotopic (exact) mass is 389 g/mol. The molecule has 0 heterocycles. The Kier molecular flexibility index (Phi) is 5.62. The number of halogens is 3. The standard InChI is InChI=1S/C15H14BrCl2NO2/c1-20-13-5-3-4-9(15(13)21-2)8-19-14-11(17)6-10(16)7-12(14)18/h3-7,19H,8H2,1-2H3. The molecule has 0 aromatic heterocycles. The first-order valence-electron chi connectivity index (χ1n) is 6.15. The Morgan fingerprint density at radius 3 is 2.33 bits per heavy atom. The first-order valence-corrected chi connectivity index (χ1v) is 7.70. The zero-order valence-corrected chi connectivity index (χ0v) is 14.6. The van der Waals surface area contributed by atoms with Gasteiger partial charge in [0.25, 0.3) is 0 Å². The van der Waals surface area contributed by atoms with Gasteiger partial charge < -0.3 is 14.8 Å². The number of ether oxygens (including phenoxy) is 2. The van der Waals surface area contributed by atoms with Gasteiger partial charge in [0.1, 0.15) is 0 Å². The quantitative estimate of drug-likeness (QED) is 0.742. The Labute approximate surface area is 142 Å². The first-order chi connectivity index (χ1) is 10.1. The first kappa shape index (κ1) is 16.3. The lowest BCUT2D eigenvalue weighted by atomic mass is 10.1. The second kappa shape index (κ2) is 7.25. The summed E-state index contributed by atoms with van der Waals surface area (Å²) in [6.45, 7) is 0.515. The van der Waals surface area contributed by atoms with E-state index in [1.165, 1.54) is 0 Å². The molecule has 0 saturated heterocycles. The second-order valence-electron chi connectivity index (χ2n) is 4.25. The minimum atomic E-state index is 0.515. The molecule has 0 radical (unpaired) electrons. The molecule has 0 unspecified atom stereocenters. The van der Waals surface area contributed by atoms with Crippen molar-refractivity contribution < 1.29 is 9.47 Å². The van der Waals surface area contributed by atoms with E-state index in [0.29, 0.717) is 33.8 Å². The van der Waals surface area contributed by atoms with E-state index >= 15 is 0 Å². The van der Waals surface area contributed by atoms with E-state index in [1.807, 2.05) is 18.2 Å². The molecule has 0 atom stereocenters. The van der Waals surface area contributed by atoms with Crippen LogP contribution < -0.4 is 14.8 Å². The highest BCUT2D eigenvalue weighted by atomic mass is 79.9. The molecule has 0 aliphatic heterocycles. The molecule has 2 aromatic carbocycles. The average molecular weight is 391 g/mol. The molecule has 0 saturated carbocycles. The molecule has 21 heavy (non-hydrogen) atoms. The van der Waals surface area contributed by atoms with Crippen LogP contribution in [0.1, 0.15) is 5.56 Å². The summed E-state index contributed by atoms with van der Waals surface area (Å²) in [5.74, 6) is 1.38. The van der Waals surface area contributed by atoms with Crippen LogP contribution in [0, 0.1) is 0 Å². The molecular weight excluding hydrogens is 377 g/mol. The molecule has 0 aliphatic carbocycles. The van der Waals surface area contributed by atoms with Gasteiger partial charge in [-0.15, -0.1) is 0 Å². The predicted molar refractivity (Wildman–Crippen MR) is 91.0 cm³/mol. The lowest BCUT2D eigenvalue weighted by Crippen LogP contribution is -2.04. The second-order valence-corrected chi connectivity index (χ2v) is 5.98. The van der Waals surface area contributed by atoms with Crippen LogP contribution in [0.5, 0.6) is 11.5 Å². The molecule has 3 nitrogen and oxygen atoms in total. The summed E-state index contributed by atoms with van der Waals surface area (Å²) >= 11 is 15.8. The Morgan fingerprint density at radius 2 is 1.76 bits per heavy atom. The van der Waals surface area contributed by atoms with Gasteiger partial charge in [-0.2, -0.15) is 0 Å². The number of nitrogens with one attached hydrogen (secondary N) is 1. The summed E-state index contributed by atoms with van der Waals surface area (Å²) in [6, 6.07) is 9.29. The summed E-state index contributed by atoms with van der Waals surface area (Å²) in [5.41, 5.74) is 1.64. The maximum atomic E-state index is 6.20. The Bertz CT molecular complexity index is 627. The molecule has 1 N–H and O–H groups in total. The van der Waals surface area contributed by atoms with Gasteiger partial charge in [-0.3, -0.25) is 0 Å². The molecule has 2 rings (SSSR count).